The number of para-hydroxylation sites is 1. The summed E-state index contributed by atoms with van der Waals surface area (Å²) in [5.41, 5.74) is 0.966. The second-order valence-corrected chi connectivity index (χ2v) is 5.65. The fourth-order valence-corrected chi connectivity index (χ4v) is 2.21. The molecule has 0 aliphatic heterocycles. The molecule has 5 nitrogen and oxygen atoms in total. The lowest BCUT2D eigenvalue weighted by Crippen LogP contribution is -2.34. The maximum absolute atomic E-state index is 11.7. The van der Waals surface area contributed by atoms with Crippen LogP contribution in [0, 0.1) is 0 Å². The number of nitrogens with one attached hydrogen (secondary N) is 2. The van der Waals surface area contributed by atoms with Crippen LogP contribution in [0.4, 0.5) is 0 Å². The van der Waals surface area contributed by atoms with Crippen molar-refractivity contribution in [1.82, 2.24) is 10.6 Å². The molecular formula is C21H24N2O3. The minimum atomic E-state index is -0.181. The molecule has 2 aromatic rings. The van der Waals surface area contributed by atoms with Gasteiger partial charge in [-0.2, -0.15) is 0 Å². The van der Waals surface area contributed by atoms with Crippen LogP contribution in [0.1, 0.15) is 18.4 Å². The molecule has 0 aliphatic carbocycles. The number of ether oxygens (including phenoxy) is 1. The average molecular weight is 352 g/mol. The SMILES string of the molecule is O=C(/C=C/c1ccccc1)NCCNC(=O)CCCOc1ccccc1. The van der Waals surface area contributed by atoms with E-state index in [0.717, 1.165) is 11.3 Å². The molecule has 0 aromatic heterocycles. The van der Waals surface area contributed by atoms with Crippen molar-refractivity contribution in [3.05, 3.63) is 72.3 Å². The minimum Gasteiger partial charge on any atom is -0.494 e. The Hall–Kier alpha value is -3.08. The van der Waals surface area contributed by atoms with Gasteiger partial charge in [0, 0.05) is 25.6 Å². The molecule has 2 amide bonds. The van der Waals surface area contributed by atoms with E-state index in [0.29, 0.717) is 32.5 Å². The Morgan fingerprint density at radius 3 is 2.27 bits per heavy atom. The maximum Gasteiger partial charge on any atom is 0.244 e. The van der Waals surface area contributed by atoms with Gasteiger partial charge in [-0.15, -0.1) is 0 Å². The van der Waals surface area contributed by atoms with Crippen molar-refractivity contribution in [3.8, 4) is 5.75 Å². The highest BCUT2D eigenvalue weighted by Gasteiger charge is 2.01. The van der Waals surface area contributed by atoms with Gasteiger partial charge < -0.3 is 15.4 Å². The van der Waals surface area contributed by atoms with Crippen molar-refractivity contribution in [2.24, 2.45) is 0 Å². The van der Waals surface area contributed by atoms with Crippen LogP contribution in [-0.2, 0) is 9.59 Å². The van der Waals surface area contributed by atoms with Gasteiger partial charge in [0.05, 0.1) is 6.61 Å². The van der Waals surface area contributed by atoms with Crippen molar-refractivity contribution < 1.29 is 14.3 Å². The van der Waals surface area contributed by atoms with E-state index in [1.165, 1.54) is 6.08 Å². The zero-order chi connectivity index (χ0) is 18.5. The van der Waals surface area contributed by atoms with E-state index in [-0.39, 0.29) is 11.8 Å². The van der Waals surface area contributed by atoms with Crippen LogP contribution in [0.2, 0.25) is 0 Å². The second-order valence-electron chi connectivity index (χ2n) is 5.65. The van der Waals surface area contributed by atoms with E-state index in [4.69, 9.17) is 4.74 Å². The summed E-state index contributed by atoms with van der Waals surface area (Å²) in [5, 5.41) is 5.51. The summed E-state index contributed by atoms with van der Waals surface area (Å²) < 4.78 is 5.53. The number of rotatable bonds is 10. The first-order chi connectivity index (χ1) is 12.7. The highest BCUT2D eigenvalue weighted by Crippen LogP contribution is 2.08. The molecule has 0 fully saturated rings. The molecule has 0 saturated heterocycles. The van der Waals surface area contributed by atoms with Crippen molar-refractivity contribution in [2.75, 3.05) is 19.7 Å². The molecule has 2 aromatic carbocycles. The quantitative estimate of drug-likeness (QED) is 0.510. The van der Waals surface area contributed by atoms with Crippen molar-refractivity contribution >= 4 is 17.9 Å². The van der Waals surface area contributed by atoms with Crippen LogP contribution < -0.4 is 15.4 Å². The van der Waals surface area contributed by atoms with Gasteiger partial charge in [-0.25, -0.2) is 0 Å². The minimum absolute atomic E-state index is 0.0456. The Bertz CT molecular complexity index is 700. The van der Waals surface area contributed by atoms with E-state index in [1.807, 2.05) is 60.7 Å². The number of benzene rings is 2. The summed E-state index contributed by atoms with van der Waals surface area (Å²) in [4.78, 5) is 23.4. The van der Waals surface area contributed by atoms with Gasteiger partial charge in [0.1, 0.15) is 5.75 Å². The van der Waals surface area contributed by atoms with Gasteiger partial charge >= 0.3 is 0 Å². The van der Waals surface area contributed by atoms with E-state index in [9.17, 15) is 9.59 Å². The standard InChI is InChI=1S/C21H24N2O3/c24-20(12-7-17-26-19-10-5-2-6-11-19)22-15-16-23-21(25)14-13-18-8-3-1-4-9-18/h1-6,8-11,13-14H,7,12,15-17H2,(H,22,24)(H,23,25)/b14-13+. The van der Waals surface area contributed by atoms with E-state index >= 15 is 0 Å². The van der Waals surface area contributed by atoms with Crippen molar-refractivity contribution in [2.45, 2.75) is 12.8 Å². The summed E-state index contributed by atoms with van der Waals surface area (Å²) >= 11 is 0. The predicted octanol–water partition coefficient (Wildman–Crippen LogP) is 2.79. The predicted molar refractivity (Wildman–Crippen MR) is 103 cm³/mol. The molecule has 0 aliphatic rings. The molecule has 0 bridgehead atoms. The molecule has 0 spiro atoms. The van der Waals surface area contributed by atoms with Crippen LogP contribution in [0.15, 0.2) is 66.7 Å². The Labute approximate surface area is 154 Å². The lowest BCUT2D eigenvalue weighted by molar-refractivity contribution is -0.121. The van der Waals surface area contributed by atoms with Crippen molar-refractivity contribution in [3.63, 3.8) is 0 Å². The third-order valence-corrected chi connectivity index (χ3v) is 3.53. The number of hydrogen-bond acceptors (Lipinski definition) is 3. The normalized spacial score (nSPS) is 10.5. The summed E-state index contributed by atoms with van der Waals surface area (Å²) in [7, 11) is 0. The van der Waals surface area contributed by atoms with Crippen LogP contribution in [0.3, 0.4) is 0 Å². The van der Waals surface area contributed by atoms with Gasteiger partial charge in [-0.1, -0.05) is 48.5 Å². The second kappa shape index (κ2) is 11.5. The number of carbonyl (C=O) groups is 2. The van der Waals surface area contributed by atoms with Gasteiger partial charge in [-0.3, -0.25) is 9.59 Å². The van der Waals surface area contributed by atoms with Gasteiger partial charge in [-0.05, 0) is 30.2 Å². The summed E-state index contributed by atoms with van der Waals surface area (Å²) in [6.07, 6.45) is 4.28. The van der Waals surface area contributed by atoms with Crippen LogP contribution in [-0.4, -0.2) is 31.5 Å². The Balaban J connectivity index is 1.50. The van der Waals surface area contributed by atoms with Crippen LogP contribution >= 0.6 is 0 Å². The molecule has 136 valence electrons. The first-order valence-corrected chi connectivity index (χ1v) is 8.69. The number of carbonyl (C=O) groups excluding carboxylic acids is 2. The molecule has 2 N–H and O–H groups in total. The molecule has 0 heterocycles. The highest BCUT2D eigenvalue weighted by molar-refractivity contribution is 5.91. The molecular weight excluding hydrogens is 328 g/mol. The third kappa shape index (κ3) is 8.15. The zero-order valence-electron chi connectivity index (χ0n) is 14.7. The monoisotopic (exact) mass is 352 g/mol. The van der Waals surface area contributed by atoms with Crippen molar-refractivity contribution in [1.29, 1.82) is 0 Å². The van der Waals surface area contributed by atoms with E-state index < -0.39 is 0 Å². The number of amides is 2. The van der Waals surface area contributed by atoms with Gasteiger partial charge in [0.15, 0.2) is 0 Å². The largest absolute Gasteiger partial charge is 0.494 e. The Morgan fingerprint density at radius 1 is 0.885 bits per heavy atom. The zero-order valence-corrected chi connectivity index (χ0v) is 14.7. The number of hydrogen-bond donors (Lipinski definition) is 2. The van der Waals surface area contributed by atoms with E-state index in [1.54, 1.807) is 6.08 Å². The van der Waals surface area contributed by atoms with Gasteiger partial charge in [0.25, 0.3) is 0 Å². The summed E-state index contributed by atoms with van der Waals surface area (Å²) in [5.74, 6) is 0.578. The molecule has 26 heavy (non-hydrogen) atoms. The molecule has 0 radical (unpaired) electrons. The van der Waals surface area contributed by atoms with E-state index in [2.05, 4.69) is 10.6 Å². The van der Waals surface area contributed by atoms with Crippen LogP contribution in [0.5, 0.6) is 5.75 Å². The topological polar surface area (TPSA) is 67.4 Å². The first kappa shape index (κ1) is 19.2. The summed E-state index contributed by atoms with van der Waals surface area (Å²) in [6, 6.07) is 19.1. The molecule has 5 heteroatoms. The Morgan fingerprint density at radius 2 is 1.54 bits per heavy atom. The fraction of sp³-hybridized carbons (Fsp3) is 0.238. The first-order valence-electron chi connectivity index (χ1n) is 8.69. The van der Waals surface area contributed by atoms with Gasteiger partial charge in [0.2, 0.25) is 11.8 Å². The lowest BCUT2D eigenvalue weighted by Gasteiger charge is -2.07. The molecule has 2 rings (SSSR count). The maximum atomic E-state index is 11.7. The molecule has 0 saturated carbocycles. The average Bonchev–Trinajstić information content (AvgIpc) is 2.68. The highest BCUT2D eigenvalue weighted by atomic mass is 16.5. The third-order valence-electron chi connectivity index (χ3n) is 3.53. The Kier molecular flexibility index (Phi) is 8.49. The lowest BCUT2D eigenvalue weighted by atomic mass is 10.2. The molecule has 0 atom stereocenters. The fourth-order valence-electron chi connectivity index (χ4n) is 2.21. The molecule has 0 unspecified atom stereocenters. The summed E-state index contributed by atoms with van der Waals surface area (Å²) in [6.45, 7) is 1.30. The smallest absolute Gasteiger partial charge is 0.244 e. The van der Waals surface area contributed by atoms with Crippen LogP contribution in [0.25, 0.3) is 6.08 Å².